The molecular formula is C12H19N3O2. The van der Waals surface area contributed by atoms with Crippen molar-refractivity contribution in [3.05, 3.63) is 24.2 Å². The normalized spacial score (nSPS) is 21.4. The van der Waals surface area contributed by atoms with Gasteiger partial charge >= 0.3 is 0 Å². The van der Waals surface area contributed by atoms with Gasteiger partial charge in [0.15, 0.2) is 0 Å². The molecule has 1 amide bonds. The van der Waals surface area contributed by atoms with Gasteiger partial charge in [0.25, 0.3) is 0 Å². The molecular weight excluding hydrogens is 218 g/mol. The molecule has 0 radical (unpaired) electrons. The van der Waals surface area contributed by atoms with Crippen molar-refractivity contribution in [2.75, 3.05) is 26.2 Å². The molecule has 2 rings (SSSR count). The van der Waals surface area contributed by atoms with Gasteiger partial charge in [0.1, 0.15) is 5.76 Å². The fourth-order valence-corrected chi connectivity index (χ4v) is 1.96. The highest BCUT2D eigenvalue weighted by Crippen LogP contribution is 2.02. The van der Waals surface area contributed by atoms with Gasteiger partial charge in [-0.1, -0.05) is 0 Å². The number of amides is 1. The van der Waals surface area contributed by atoms with Crippen molar-refractivity contribution in [2.24, 2.45) is 0 Å². The SMILES string of the molecule is C[C@H]1CNCCN1CC(=O)NCc1ccco1. The molecule has 1 saturated heterocycles. The Balaban J connectivity index is 1.73. The van der Waals surface area contributed by atoms with Crippen LogP contribution in [0.5, 0.6) is 0 Å². The summed E-state index contributed by atoms with van der Waals surface area (Å²) in [6, 6.07) is 4.09. The zero-order chi connectivity index (χ0) is 12.1. The van der Waals surface area contributed by atoms with E-state index < -0.39 is 0 Å². The number of nitrogens with one attached hydrogen (secondary N) is 2. The molecule has 94 valence electrons. The van der Waals surface area contributed by atoms with Gasteiger partial charge in [-0.3, -0.25) is 9.69 Å². The largest absolute Gasteiger partial charge is 0.467 e. The van der Waals surface area contributed by atoms with Crippen LogP contribution in [0.1, 0.15) is 12.7 Å². The van der Waals surface area contributed by atoms with Crippen LogP contribution >= 0.6 is 0 Å². The summed E-state index contributed by atoms with van der Waals surface area (Å²) < 4.78 is 5.16. The summed E-state index contributed by atoms with van der Waals surface area (Å²) in [5, 5.41) is 6.16. The second-order valence-corrected chi connectivity index (χ2v) is 4.38. The van der Waals surface area contributed by atoms with E-state index >= 15 is 0 Å². The average Bonchev–Trinajstić information content (AvgIpc) is 2.82. The second kappa shape index (κ2) is 5.84. The number of hydrogen-bond acceptors (Lipinski definition) is 4. The number of carbonyl (C=O) groups excluding carboxylic acids is 1. The fourth-order valence-electron chi connectivity index (χ4n) is 1.96. The Bertz CT molecular complexity index is 351. The second-order valence-electron chi connectivity index (χ2n) is 4.38. The van der Waals surface area contributed by atoms with Crippen LogP contribution in [0.4, 0.5) is 0 Å². The monoisotopic (exact) mass is 237 g/mol. The van der Waals surface area contributed by atoms with Gasteiger partial charge in [-0.2, -0.15) is 0 Å². The van der Waals surface area contributed by atoms with Crippen molar-refractivity contribution in [1.29, 1.82) is 0 Å². The van der Waals surface area contributed by atoms with Crippen LogP contribution < -0.4 is 10.6 Å². The van der Waals surface area contributed by atoms with Gasteiger partial charge in [-0.25, -0.2) is 0 Å². The van der Waals surface area contributed by atoms with Gasteiger partial charge < -0.3 is 15.1 Å². The molecule has 1 aromatic rings. The van der Waals surface area contributed by atoms with Crippen LogP contribution in [-0.2, 0) is 11.3 Å². The summed E-state index contributed by atoms with van der Waals surface area (Å²) in [7, 11) is 0. The number of rotatable bonds is 4. The van der Waals surface area contributed by atoms with Gasteiger partial charge in [0.05, 0.1) is 19.4 Å². The van der Waals surface area contributed by atoms with Crippen molar-refractivity contribution in [3.63, 3.8) is 0 Å². The predicted molar refractivity (Wildman–Crippen MR) is 64.5 cm³/mol. The van der Waals surface area contributed by atoms with E-state index in [9.17, 15) is 4.79 Å². The first-order chi connectivity index (χ1) is 8.25. The Hall–Kier alpha value is -1.33. The molecule has 1 aromatic heterocycles. The van der Waals surface area contributed by atoms with Gasteiger partial charge in [0.2, 0.25) is 5.91 Å². The molecule has 0 unspecified atom stereocenters. The smallest absolute Gasteiger partial charge is 0.234 e. The molecule has 0 spiro atoms. The quantitative estimate of drug-likeness (QED) is 0.785. The van der Waals surface area contributed by atoms with Crippen LogP contribution in [0.15, 0.2) is 22.8 Å². The van der Waals surface area contributed by atoms with Crippen molar-refractivity contribution in [1.82, 2.24) is 15.5 Å². The van der Waals surface area contributed by atoms with Crippen LogP contribution in [-0.4, -0.2) is 43.0 Å². The first-order valence-electron chi connectivity index (χ1n) is 5.99. The maximum atomic E-state index is 11.7. The molecule has 2 heterocycles. The number of piperazine rings is 1. The van der Waals surface area contributed by atoms with E-state index in [1.165, 1.54) is 0 Å². The maximum Gasteiger partial charge on any atom is 0.234 e. The van der Waals surface area contributed by atoms with Crippen molar-refractivity contribution < 1.29 is 9.21 Å². The lowest BCUT2D eigenvalue weighted by Crippen LogP contribution is -2.52. The van der Waals surface area contributed by atoms with Crippen LogP contribution in [0.3, 0.4) is 0 Å². The van der Waals surface area contributed by atoms with E-state index in [-0.39, 0.29) is 5.91 Å². The van der Waals surface area contributed by atoms with E-state index in [1.54, 1.807) is 6.26 Å². The lowest BCUT2D eigenvalue weighted by Gasteiger charge is -2.33. The number of hydrogen-bond donors (Lipinski definition) is 2. The zero-order valence-corrected chi connectivity index (χ0v) is 10.1. The Kier molecular flexibility index (Phi) is 4.17. The molecule has 5 nitrogen and oxygen atoms in total. The lowest BCUT2D eigenvalue weighted by molar-refractivity contribution is -0.123. The molecule has 1 fully saturated rings. The number of carbonyl (C=O) groups is 1. The molecule has 0 aliphatic carbocycles. The highest BCUT2D eigenvalue weighted by Gasteiger charge is 2.19. The third-order valence-electron chi connectivity index (χ3n) is 3.03. The minimum Gasteiger partial charge on any atom is -0.467 e. The number of nitrogens with zero attached hydrogens (tertiary/aromatic N) is 1. The molecule has 2 N–H and O–H groups in total. The molecule has 5 heteroatoms. The molecule has 17 heavy (non-hydrogen) atoms. The highest BCUT2D eigenvalue weighted by atomic mass is 16.3. The summed E-state index contributed by atoms with van der Waals surface area (Å²) in [4.78, 5) is 13.9. The Morgan fingerprint density at radius 1 is 1.71 bits per heavy atom. The zero-order valence-electron chi connectivity index (χ0n) is 10.1. The summed E-state index contributed by atoms with van der Waals surface area (Å²) in [5.74, 6) is 0.835. The van der Waals surface area contributed by atoms with Crippen molar-refractivity contribution in [2.45, 2.75) is 19.5 Å². The van der Waals surface area contributed by atoms with E-state index in [0.717, 1.165) is 25.4 Å². The summed E-state index contributed by atoms with van der Waals surface area (Å²) in [5.41, 5.74) is 0. The Morgan fingerprint density at radius 2 is 2.59 bits per heavy atom. The Labute approximate surface area is 101 Å². The van der Waals surface area contributed by atoms with E-state index in [1.807, 2.05) is 12.1 Å². The lowest BCUT2D eigenvalue weighted by atomic mass is 10.2. The van der Waals surface area contributed by atoms with Gasteiger partial charge in [-0.05, 0) is 19.1 Å². The van der Waals surface area contributed by atoms with Gasteiger partial charge in [-0.15, -0.1) is 0 Å². The third kappa shape index (κ3) is 3.57. The molecule has 0 aromatic carbocycles. The van der Waals surface area contributed by atoms with Crippen LogP contribution in [0.2, 0.25) is 0 Å². The predicted octanol–water partition coefficient (Wildman–Crippen LogP) is 0.190. The molecule has 0 bridgehead atoms. The third-order valence-corrected chi connectivity index (χ3v) is 3.03. The van der Waals surface area contributed by atoms with Crippen molar-refractivity contribution in [3.8, 4) is 0 Å². The molecule has 0 saturated carbocycles. The molecule has 1 atom stereocenters. The summed E-state index contributed by atoms with van der Waals surface area (Å²) >= 11 is 0. The van der Waals surface area contributed by atoms with Crippen molar-refractivity contribution >= 4 is 5.91 Å². The maximum absolute atomic E-state index is 11.7. The van der Waals surface area contributed by atoms with Gasteiger partial charge in [0, 0.05) is 25.7 Å². The number of furan rings is 1. The highest BCUT2D eigenvalue weighted by molar-refractivity contribution is 5.78. The van der Waals surface area contributed by atoms with E-state index in [4.69, 9.17) is 4.42 Å². The first-order valence-corrected chi connectivity index (χ1v) is 5.99. The summed E-state index contributed by atoms with van der Waals surface area (Å²) in [6.45, 7) is 5.89. The van der Waals surface area contributed by atoms with Crippen LogP contribution in [0, 0.1) is 0 Å². The standard InChI is InChI=1S/C12H19N3O2/c1-10-7-13-4-5-15(10)9-12(16)14-8-11-3-2-6-17-11/h2-3,6,10,13H,4-5,7-9H2,1H3,(H,14,16)/t10-/m0/s1. The average molecular weight is 237 g/mol. The Morgan fingerprint density at radius 3 is 3.29 bits per heavy atom. The topological polar surface area (TPSA) is 57.5 Å². The molecule has 1 aliphatic rings. The molecule has 1 aliphatic heterocycles. The fraction of sp³-hybridized carbons (Fsp3) is 0.583. The van der Waals surface area contributed by atoms with E-state index in [0.29, 0.717) is 19.1 Å². The first kappa shape index (κ1) is 12.1. The minimum absolute atomic E-state index is 0.0511. The minimum atomic E-state index is 0.0511. The van der Waals surface area contributed by atoms with E-state index in [2.05, 4.69) is 22.5 Å². The van der Waals surface area contributed by atoms with Crippen LogP contribution in [0.25, 0.3) is 0 Å². The summed E-state index contributed by atoms with van der Waals surface area (Å²) in [6.07, 6.45) is 1.61.